The van der Waals surface area contributed by atoms with E-state index < -0.39 is 0 Å². The molecule has 0 aliphatic heterocycles. The minimum atomic E-state index is -0.307. The number of halogens is 1. The first-order chi connectivity index (χ1) is 8.61. The van der Waals surface area contributed by atoms with Crippen molar-refractivity contribution in [3.05, 3.63) is 33.7 Å². The van der Waals surface area contributed by atoms with Gasteiger partial charge in [-0.15, -0.1) is 11.6 Å². The number of aryl methyl sites for hydroxylation is 1. The summed E-state index contributed by atoms with van der Waals surface area (Å²) in [5, 5.41) is 2.91. The van der Waals surface area contributed by atoms with Gasteiger partial charge in [0.2, 0.25) is 0 Å². The van der Waals surface area contributed by atoms with E-state index in [0.29, 0.717) is 11.8 Å². The zero-order valence-electron chi connectivity index (χ0n) is 10.3. The van der Waals surface area contributed by atoms with Crippen LogP contribution in [0.1, 0.15) is 35.3 Å². The summed E-state index contributed by atoms with van der Waals surface area (Å²) in [5.74, 6) is 0.563. The third kappa shape index (κ3) is 2.75. The SMILES string of the molecule is Cc1cc(=O)c(C(=O)NC2CCCC2CCl)c[nH]1. The Morgan fingerprint density at radius 3 is 3.00 bits per heavy atom. The lowest BCUT2D eigenvalue weighted by Gasteiger charge is -2.18. The predicted octanol–water partition coefficient (Wildman–Crippen LogP) is 1.82. The standard InChI is InChI=1S/C13H17ClN2O2/c1-8-5-12(17)10(7-15-8)13(18)16-11-4-2-3-9(11)6-14/h5,7,9,11H,2-4,6H2,1H3,(H,15,17)(H,16,18). The van der Waals surface area contributed by atoms with Crippen LogP contribution in [-0.2, 0) is 0 Å². The van der Waals surface area contributed by atoms with Crippen LogP contribution < -0.4 is 10.7 Å². The highest BCUT2D eigenvalue weighted by Gasteiger charge is 2.28. The molecule has 2 unspecified atom stereocenters. The number of nitrogens with one attached hydrogen (secondary N) is 2. The van der Waals surface area contributed by atoms with Gasteiger partial charge in [0.05, 0.1) is 0 Å². The Balaban J connectivity index is 2.10. The van der Waals surface area contributed by atoms with Crippen molar-refractivity contribution in [1.82, 2.24) is 10.3 Å². The fourth-order valence-electron chi connectivity index (χ4n) is 2.41. The van der Waals surface area contributed by atoms with Crippen molar-refractivity contribution < 1.29 is 4.79 Å². The number of carbonyl (C=O) groups is 1. The summed E-state index contributed by atoms with van der Waals surface area (Å²) in [6, 6.07) is 1.53. The van der Waals surface area contributed by atoms with E-state index in [1.807, 2.05) is 0 Å². The van der Waals surface area contributed by atoms with Gasteiger partial charge in [-0.3, -0.25) is 9.59 Å². The highest BCUT2D eigenvalue weighted by Crippen LogP contribution is 2.26. The van der Waals surface area contributed by atoms with Gasteiger partial charge >= 0.3 is 0 Å². The number of alkyl halides is 1. The molecule has 98 valence electrons. The predicted molar refractivity (Wildman–Crippen MR) is 71.1 cm³/mol. The van der Waals surface area contributed by atoms with Crippen molar-refractivity contribution in [2.75, 3.05) is 5.88 Å². The van der Waals surface area contributed by atoms with E-state index in [-0.39, 0.29) is 22.9 Å². The molecule has 1 aliphatic rings. The molecule has 0 bridgehead atoms. The first kappa shape index (κ1) is 13.1. The number of H-pyrrole nitrogens is 1. The van der Waals surface area contributed by atoms with E-state index in [4.69, 9.17) is 11.6 Å². The average Bonchev–Trinajstić information content (AvgIpc) is 2.76. The number of aromatic nitrogens is 1. The summed E-state index contributed by atoms with van der Waals surface area (Å²) in [7, 11) is 0. The maximum atomic E-state index is 12.0. The maximum absolute atomic E-state index is 12.0. The molecule has 1 amide bonds. The Labute approximate surface area is 111 Å². The molecule has 4 nitrogen and oxygen atoms in total. The van der Waals surface area contributed by atoms with Gasteiger partial charge in [-0.2, -0.15) is 0 Å². The third-order valence-electron chi connectivity index (χ3n) is 3.48. The smallest absolute Gasteiger partial charge is 0.256 e. The van der Waals surface area contributed by atoms with Crippen molar-refractivity contribution >= 4 is 17.5 Å². The van der Waals surface area contributed by atoms with Crippen LogP contribution in [0.4, 0.5) is 0 Å². The van der Waals surface area contributed by atoms with Crippen molar-refractivity contribution in [2.45, 2.75) is 32.2 Å². The lowest BCUT2D eigenvalue weighted by molar-refractivity contribution is 0.0928. The largest absolute Gasteiger partial charge is 0.364 e. The molecular formula is C13H17ClN2O2. The Morgan fingerprint density at radius 2 is 2.33 bits per heavy atom. The molecule has 1 aliphatic carbocycles. The van der Waals surface area contributed by atoms with Gasteiger partial charge < -0.3 is 10.3 Å². The summed E-state index contributed by atoms with van der Waals surface area (Å²) in [4.78, 5) is 26.6. The molecule has 2 N–H and O–H groups in total. The molecule has 0 spiro atoms. The average molecular weight is 269 g/mol. The third-order valence-corrected chi connectivity index (χ3v) is 3.87. The molecule has 1 aromatic heterocycles. The summed E-state index contributed by atoms with van der Waals surface area (Å²) in [6.45, 7) is 1.78. The van der Waals surface area contributed by atoms with Crippen LogP contribution in [0.2, 0.25) is 0 Å². The van der Waals surface area contributed by atoms with Crippen LogP contribution in [0, 0.1) is 12.8 Å². The normalized spacial score (nSPS) is 23.0. The highest BCUT2D eigenvalue weighted by atomic mass is 35.5. The maximum Gasteiger partial charge on any atom is 0.256 e. The molecule has 1 heterocycles. The molecule has 2 rings (SSSR count). The van der Waals surface area contributed by atoms with Crippen LogP contribution in [0.3, 0.4) is 0 Å². The summed E-state index contributed by atoms with van der Waals surface area (Å²) >= 11 is 5.86. The Hall–Kier alpha value is -1.29. The second kappa shape index (κ2) is 5.57. The lowest BCUT2D eigenvalue weighted by Crippen LogP contribution is -2.39. The molecule has 1 aromatic rings. The van der Waals surface area contributed by atoms with E-state index in [9.17, 15) is 9.59 Å². The minimum Gasteiger partial charge on any atom is -0.364 e. The van der Waals surface area contributed by atoms with Gasteiger partial charge in [-0.25, -0.2) is 0 Å². The number of amides is 1. The fourth-order valence-corrected chi connectivity index (χ4v) is 2.78. The van der Waals surface area contributed by atoms with Gasteiger partial charge in [0.25, 0.3) is 5.91 Å². The molecule has 1 fully saturated rings. The summed E-state index contributed by atoms with van der Waals surface area (Å²) in [5.41, 5.74) is 0.668. The van der Waals surface area contributed by atoms with Gasteiger partial charge in [0.15, 0.2) is 5.43 Å². The number of pyridine rings is 1. The number of hydrogen-bond donors (Lipinski definition) is 2. The molecule has 2 atom stereocenters. The summed E-state index contributed by atoms with van der Waals surface area (Å²) < 4.78 is 0. The summed E-state index contributed by atoms with van der Waals surface area (Å²) in [6.07, 6.45) is 4.52. The monoisotopic (exact) mass is 268 g/mol. The Bertz CT molecular complexity index is 498. The minimum absolute atomic E-state index is 0.0932. The van der Waals surface area contributed by atoms with E-state index >= 15 is 0 Å². The molecule has 18 heavy (non-hydrogen) atoms. The van der Waals surface area contributed by atoms with Gasteiger partial charge in [-0.1, -0.05) is 6.42 Å². The van der Waals surface area contributed by atoms with Crippen molar-refractivity contribution in [2.24, 2.45) is 5.92 Å². The first-order valence-corrected chi connectivity index (χ1v) is 6.71. The molecule has 0 saturated heterocycles. The van der Waals surface area contributed by atoms with Crippen LogP contribution in [0.15, 0.2) is 17.1 Å². The van der Waals surface area contributed by atoms with E-state index in [1.165, 1.54) is 12.3 Å². The van der Waals surface area contributed by atoms with Crippen LogP contribution >= 0.6 is 11.6 Å². The van der Waals surface area contributed by atoms with Gasteiger partial charge in [-0.05, 0) is 25.7 Å². The molecule has 0 aromatic carbocycles. The van der Waals surface area contributed by atoms with Crippen molar-refractivity contribution in [1.29, 1.82) is 0 Å². The molecule has 0 radical (unpaired) electrons. The lowest BCUT2D eigenvalue weighted by atomic mass is 10.1. The topological polar surface area (TPSA) is 62.0 Å². The number of rotatable bonds is 3. The van der Waals surface area contributed by atoms with Gasteiger partial charge in [0.1, 0.15) is 5.56 Å². The second-order valence-electron chi connectivity index (χ2n) is 4.82. The fraction of sp³-hybridized carbons (Fsp3) is 0.538. The quantitative estimate of drug-likeness (QED) is 0.822. The zero-order chi connectivity index (χ0) is 13.1. The van der Waals surface area contributed by atoms with Crippen molar-refractivity contribution in [3.63, 3.8) is 0 Å². The highest BCUT2D eigenvalue weighted by molar-refractivity contribution is 6.18. The van der Waals surface area contributed by atoms with Crippen LogP contribution in [0.25, 0.3) is 0 Å². The van der Waals surface area contributed by atoms with Crippen molar-refractivity contribution in [3.8, 4) is 0 Å². The second-order valence-corrected chi connectivity index (χ2v) is 5.13. The number of carbonyl (C=O) groups excluding carboxylic acids is 1. The van der Waals surface area contributed by atoms with Crippen LogP contribution in [-0.4, -0.2) is 22.8 Å². The van der Waals surface area contributed by atoms with Gasteiger partial charge in [0, 0.05) is 29.9 Å². The number of hydrogen-bond acceptors (Lipinski definition) is 2. The van der Waals surface area contributed by atoms with E-state index in [2.05, 4.69) is 10.3 Å². The van der Waals surface area contributed by atoms with Crippen LogP contribution in [0.5, 0.6) is 0 Å². The Morgan fingerprint density at radius 1 is 1.56 bits per heavy atom. The van der Waals surface area contributed by atoms with E-state index in [0.717, 1.165) is 25.0 Å². The molecule has 1 saturated carbocycles. The van der Waals surface area contributed by atoms with E-state index in [1.54, 1.807) is 6.92 Å². The zero-order valence-corrected chi connectivity index (χ0v) is 11.1. The molecular weight excluding hydrogens is 252 g/mol. The number of aromatic amines is 1. The first-order valence-electron chi connectivity index (χ1n) is 6.18. The Kier molecular flexibility index (Phi) is 4.07. The molecule has 5 heteroatoms.